The molecule has 1 aliphatic rings. The molecule has 2 aromatic rings. The van der Waals surface area contributed by atoms with E-state index in [4.69, 9.17) is 9.47 Å². The average molecular weight is 407 g/mol. The van der Waals surface area contributed by atoms with Gasteiger partial charge in [0.2, 0.25) is 10.0 Å². The topological polar surface area (TPSA) is 77.8 Å². The Labute approximate surface area is 165 Å². The second kappa shape index (κ2) is 7.97. The smallest absolute Gasteiger partial charge is 0.254 e. The molecule has 1 saturated heterocycles. The van der Waals surface area contributed by atoms with Crippen LogP contribution in [-0.4, -0.2) is 43.6 Å². The highest BCUT2D eigenvalue weighted by Crippen LogP contribution is 2.27. The molecule has 0 N–H and O–H groups in total. The van der Waals surface area contributed by atoms with E-state index in [2.05, 4.69) is 0 Å². The zero-order valence-electron chi connectivity index (χ0n) is 16.6. The summed E-state index contributed by atoms with van der Waals surface area (Å²) in [4.78, 5) is 12.2. The summed E-state index contributed by atoms with van der Waals surface area (Å²) in [5, 5.41) is 0. The maximum atomic E-state index is 12.9. The minimum absolute atomic E-state index is 0.115. The molecule has 0 radical (unpaired) electrons. The Kier molecular flexibility index (Phi) is 5.81. The van der Waals surface area contributed by atoms with Crippen molar-refractivity contribution in [3.8, 4) is 11.5 Å². The van der Waals surface area contributed by atoms with Gasteiger partial charge in [0.1, 0.15) is 17.6 Å². The van der Waals surface area contributed by atoms with Crippen molar-refractivity contribution in [2.75, 3.05) is 20.2 Å². The van der Waals surface area contributed by atoms with Gasteiger partial charge < -0.3 is 14.0 Å². The first kappa shape index (κ1) is 20.4. The van der Waals surface area contributed by atoms with Gasteiger partial charge in [0, 0.05) is 31.9 Å². The van der Waals surface area contributed by atoms with Gasteiger partial charge in [-0.15, -0.1) is 0 Å². The zero-order valence-corrected chi connectivity index (χ0v) is 17.5. The standard InChI is InChI=1S/C20H26N2O5S/c1-14-11-18(5-6-19(14)26-4)28(24,25)22-9-7-16(8-10-22)27-17-12-15(2)21(3)20(23)13-17/h5-6,11-13,16H,7-10H2,1-4H3. The highest BCUT2D eigenvalue weighted by Gasteiger charge is 2.30. The van der Waals surface area contributed by atoms with E-state index in [1.165, 1.54) is 10.4 Å². The fraction of sp³-hybridized carbons (Fsp3) is 0.450. The molecule has 1 aliphatic heterocycles. The first-order valence-corrected chi connectivity index (χ1v) is 10.7. The van der Waals surface area contributed by atoms with Crippen LogP contribution in [0.2, 0.25) is 0 Å². The van der Waals surface area contributed by atoms with Crippen LogP contribution in [-0.2, 0) is 17.1 Å². The van der Waals surface area contributed by atoms with E-state index < -0.39 is 10.0 Å². The molecule has 28 heavy (non-hydrogen) atoms. The number of piperidine rings is 1. The molecule has 0 saturated carbocycles. The molecule has 1 fully saturated rings. The molecule has 1 aromatic heterocycles. The lowest BCUT2D eigenvalue weighted by Crippen LogP contribution is -2.41. The normalized spacial score (nSPS) is 16.1. The number of aromatic nitrogens is 1. The van der Waals surface area contributed by atoms with Crippen molar-refractivity contribution in [3.05, 3.63) is 51.9 Å². The molecule has 7 nitrogen and oxygen atoms in total. The van der Waals surface area contributed by atoms with E-state index in [1.807, 2.05) is 19.9 Å². The molecule has 0 amide bonds. The number of rotatable bonds is 5. The van der Waals surface area contributed by atoms with E-state index in [-0.39, 0.29) is 16.6 Å². The monoisotopic (exact) mass is 406 g/mol. The van der Waals surface area contributed by atoms with Gasteiger partial charge in [-0.05, 0) is 56.5 Å². The van der Waals surface area contributed by atoms with Gasteiger partial charge in [0.15, 0.2) is 0 Å². The van der Waals surface area contributed by atoms with Crippen molar-refractivity contribution in [3.63, 3.8) is 0 Å². The number of benzene rings is 1. The zero-order chi connectivity index (χ0) is 20.5. The predicted molar refractivity (Wildman–Crippen MR) is 107 cm³/mol. The summed E-state index contributed by atoms with van der Waals surface area (Å²) in [5.74, 6) is 1.20. The Morgan fingerprint density at radius 1 is 1.07 bits per heavy atom. The third-order valence-electron chi connectivity index (χ3n) is 5.18. The number of ether oxygens (including phenoxy) is 2. The minimum Gasteiger partial charge on any atom is -0.496 e. The number of aryl methyl sites for hydroxylation is 2. The minimum atomic E-state index is -3.56. The lowest BCUT2D eigenvalue weighted by Gasteiger charge is -2.31. The van der Waals surface area contributed by atoms with Crippen molar-refractivity contribution >= 4 is 10.0 Å². The van der Waals surface area contributed by atoms with Crippen LogP contribution in [0, 0.1) is 13.8 Å². The highest BCUT2D eigenvalue weighted by molar-refractivity contribution is 7.89. The van der Waals surface area contributed by atoms with E-state index >= 15 is 0 Å². The maximum Gasteiger partial charge on any atom is 0.254 e. The van der Waals surface area contributed by atoms with E-state index in [9.17, 15) is 13.2 Å². The molecule has 3 rings (SSSR count). The number of methoxy groups -OCH3 is 1. The van der Waals surface area contributed by atoms with Gasteiger partial charge in [-0.1, -0.05) is 0 Å². The molecule has 0 aliphatic carbocycles. The molecule has 1 aromatic carbocycles. The van der Waals surface area contributed by atoms with Crippen LogP contribution >= 0.6 is 0 Å². The summed E-state index contributed by atoms with van der Waals surface area (Å²) in [7, 11) is -0.281. The highest BCUT2D eigenvalue weighted by atomic mass is 32.2. The fourth-order valence-corrected chi connectivity index (χ4v) is 4.90. The van der Waals surface area contributed by atoms with Crippen LogP contribution in [0.1, 0.15) is 24.1 Å². The quantitative estimate of drug-likeness (QED) is 0.761. The van der Waals surface area contributed by atoms with Crippen molar-refractivity contribution in [2.45, 2.75) is 37.7 Å². The van der Waals surface area contributed by atoms with Gasteiger partial charge in [0.25, 0.3) is 5.56 Å². The summed E-state index contributed by atoms with van der Waals surface area (Å²) >= 11 is 0. The Hall–Kier alpha value is -2.32. The van der Waals surface area contributed by atoms with Gasteiger partial charge in [-0.25, -0.2) is 8.42 Å². The lowest BCUT2D eigenvalue weighted by molar-refractivity contribution is 0.134. The maximum absolute atomic E-state index is 12.9. The average Bonchev–Trinajstić information content (AvgIpc) is 2.66. The van der Waals surface area contributed by atoms with Crippen molar-refractivity contribution in [1.29, 1.82) is 0 Å². The van der Waals surface area contributed by atoms with Crippen LogP contribution < -0.4 is 15.0 Å². The molecule has 0 spiro atoms. The third-order valence-corrected chi connectivity index (χ3v) is 7.08. The van der Waals surface area contributed by atoms with Gasteiger partial charge >= 0.3 is 0 Å². The summed E-state index contributed by atoms with van der Waals surface area (Å²) in [6.07, 6.45) is 1.03. The fourth-order valence-electron chi connectivity index (χ4n) is 3.35. The van der Waals surface area contributed by atoms with Crippen molar-refractivity contribution in [1.82, 2.24) is 8.87 Å². The number of hydrogen-bond donors (Lipinski definition) is 0. The van der Waals surface area contributed by atoms with Crippen molar-refractivity contribution in [2.24, 2.45) is 7.05 Å². The Bertz CT molecular complexity index is 1020. The van der Waals surface area contributed by atoms with Gasteiger partial charge in [-0.2, -0.15) is 4.31 Å². The van der Waals surface area contributed by atoms with E-state index in [0.717, 1.165) is 11.3 Å². The van der Waals surface area contributed by atoms with E-state index in [0.29, 0.717) is 37.4 Å². The summed E-state index contributed by atoms with van der Waals surface area (Å²) < 4.78 is 40.0. The molecular weight excluding hydrogens is 380 g/mol. The number of pyridine rings is 1. The van der Waals surface area contributed by atoms with Crippen LogP contribution in [0.25, 0.3) is 0 Å². The van der Waals surface area contributed by atoms with Crippen LogP contribution in [0.15, 0.2) is 40.0 Å². The molecule has 8 heteroatoms. The van der Waals surface area contributed by atoms with Crippen molar-refractivity contribution < 1.29 is 17.9 Å². The first-order valence-electron chi connectivity index (χ1n) is 9.21. The number of sulfonamides is 1. The van der Waals surface area contributed by atoms with Crippen LogP contribution in [0.3, 0.4) is 0 Å². The Balaban J connectivity index is 1.68. The first-order chi connectivity index (χ1) is 13.2. The van der Waals surface area contributed by atoms with E-state index in [1.54, 1.807) is 36.9 Å². The number of nitrogens with zero attached hydrogens (tertiary/aromatic N) is 2. The summed E-state index contributed by atoms with van der Waals surface area (Å²) in [6.45, 7) is 4.42. The Morgan fingerprint density at radius 3 is 2.32 bits per heavy atom. The summed E-state index contributed by atoms with van der Waals surface area (Å²) in [6, 6.07) is 8.18. The third kappa shape index (κ3) is 4.07. The Morgan fingerprint density at radius 2 is 1.75 bits per heavy atom. The van der Waals surface area contributed by atoms with Crippen LogP contribution in [0.4, 0.5) is 0 Å². The lowest BCUT2D eigenvalue weighted by atomic mass is 10.1. The molecule has 152 valence electrons. The largest absolute Gasteiger partial charge is 0.496 e. The van der Waals surface area contributed by atoms with Gasteiger partial charge in [0.05, 0.1) is 12.0 Å². The SMILES string of the molecule is COc1ccc(S(=O)(=O)N2CCC(Oc3cc(C)n(C)c(=O)c3)CC2)cc1C. The van der Waals surface area contributed by atoms with Gasteiger partial charge in [-0.3, -0.25) is 4.79 Å². The summed E-state index contributed by atoms with van der Waals surface area (Å²) in [5.41, 5.74) is 1.48. The second-order valence-corrected chi connectivity index (χ2v) is 9.02. The predicted octanol–water partition coefficient (Wildman–Crippen LogP) is 2.24. The molecule has 2 heterocycles. The second-order valence-electron chi connectivity index (χ2n) is 7.08. The molecule has 0 atom stereocenters. The number of hydrogen-bond acceptors (Lipinski definition) is 5. The molecule has 0 unspecified atom stereocenters. The molecular formula is C20H26N2O5S. The van der Waals surface area contributed by atoms with Crippen LogP contribution in [0.5, 0.6) is 11.5 Å². The molecule has 0 bridgehead atoms.